The van der Waals surface area contributed by atoms with Crippen molar-refractivity contribution in [3.05, 3.63) is 71.0 Å². The molecule has 0 saturated heterocycles. The van der Waals surface area contributed by atoms with Crippen LogP contribution in [-0.4, -0.2) is 60.3 Å². The van der Waals surface area contributed by atoms with Crippen LogP contribution >= 0.6 is 15.2 Å². The van der Waals surface area contributed by atoms with Crippen LogP contribution in [0.15, 0.2) is 58.3 Å². The number of nitrogens with zero attached hydrogens (tertiary/aromatic N) is 2. The minimum Gasteiger partial charge on any atom is -0.342 e. The Bertz CT molecular complexity index is 2010. The highest BCUT2D eigenvalue weighted by Gasteiger charge is 2.22. The Labute approximate surface area is 235 Å². The topological polar surface area (TPSA) is 207 Å². The van der Waals surface area contributed by atoms with Crippen molar-refractivity contribution in [2.75, 3.05) is 12.3 Å². The number of rotatable bonds is 9. The predicted octanol–water partition coefficient (Wildman–Crippen LogP) is 4.00. The molecule has 41 heavy (non-hydrogen) atoms. The highest BCUT2D eigenvalue weighted by Crippen LogP contribution is 2.39. The Balaban J connectivity index is 1.56. The number of fused-ring (bicyclic) bond motifs is 2. The lowest BCUT2D eigenvalue weighted by Crippen LogP contribution is -2.03. The molecule has 0 amide bonds. The van der Waals surface area contributed by atoms with Crippen LogP contribution in [0.5, 0.6) is 0 Å². The Morgan fingerprint density at radius 2 is 1.27 bits per heavy atom. The zero-order chi connectivity index (χ0) is 29.7. The Hall–Kier alpha value is -3.15. The molecule has 0 saturated carbocycles. The van der Waals surface area contributed by atoms with E-state index in [-0.39, 0.29) is 28.8 Å². The van der Waals surface area contributed by atoms with Gasteiger partial charge in [0.2, 0.25) is 9.84 Å². The molecule has 0 radical (unpaired) electrons. The van der Waals surface area contributed by atoms with Gasteiger partial charge in [-0.3, -0.25) is 9.13 Å². The molecule has 0 aliphatic heterocycles. The van der Waals surface area contributed by atoms with Gasteiger partial charge in [-0.2, -0.15) is 0 Å². The van der Waals surface area contributed by atoms with E-state index in [0.717, 1.165) is 5.56 Å². The second-order valence-corrected chi connectivity index (χ2v) is 15.5. The van der Waals surface area contributed by atoms with Crippen LogP contribution in [-0.2, 0) is 31.8 Å². The van der Waals surface area contributed by atoms with Crippen LogP contribution in [0.4, 0.5) is 0 Å². The maximum Gasteiger partial charge on any atom is 0.325 e. The van der Waals surface area contributed by atoms with Crippen molar-refractivity contribution < 1.29 is 37.1 Å². The average Bonchev–Trinajstić information content (AvgIpc) is 3.47. The molecule has 15 heteroatoms. The predicted molar refractivity (Wildman–Crippen MR) is 154 cm³/mol. The lowest BCUT2D eigenvalue weighted by atomic mass is 9.96. The van der Waals surface area contributed by atoms with Crippen molar-refractivity contribution in [2.45, 2.75) is 36.5 Å². The van der Waals surface area contributed by atoms with E-state index < -0.39 is 31.2 Å². The van der Waals surface area contributed by atoms with E-state index in [0.29, 0.717) is 50.4 Å². The molecular weight excluding hydrogens is 590 g/mol. The third kappa shape index (κ3) is 6.52. The molecule has 2 heterocycles. The molecule has 0 aliphatic rings. The van der Waals surface area contributed by atoms with Crippen molar-refractivity contribution in [3.63, 3.8) is 0 Å². The molecule has 0 bridgehead atoms. The van der Waals surface area contributed by atoms with E-state index in [1.54, 1.807) is 38.1 Å². The van der Waals surface area contributed by atoms with Crippen molar-refractivity contribution in [3.8, 4) is 11.4 Å². The molecule has 0 aliphatic carbocycles. The molecule has 2 aromatic heterocycles. The van der Waals surface area contributed by atoms with Crippen LogP contribution in [0.3, 0.4) is 0 Å². The average molecular weight is 619 g/mol. The first-order valence-corrected chi connectivity index (χ1v) is 17.6. The van der Waals surface area contributed by atoms with E-state index in [4.69, 9.17) is 0 Å². The lowest BCUT2D eigenvalue weighted by molar-refractivity contribution is 0.370. The quantitative estimate of drug-likeness (QED) is 0.131. The molecule has 0 spiro atoms. The van der Waals surface area contributed by atoms with E-state index in [9.17, 15) is 37.1 Å². The Morgan fingerprint density at radius 1 is 0.732 bits per heavy atom. The summed E-state index contributed by atoms with van der Waals surface area (Å²) in [7, 11) is -12.5. The number of benzene rings is 3. The summed E-state index contributed by atoms with van der Waals surface area (Å²) in [6.45, 7) is 3.54. The summed E-state index contributed by atoms with van der Waals surface area (Å²) < 4.78 is 50.0. The van der Waals surface area contributed by atoms with Crippen molar-refractivity contribution in [2.24, 2.45) is 0 Å². The van der Waals surface area contributed by atoms with E-state index >= 15 is 0 Å². The first-order chi connectivity index (χ1) is 19.1. The molecule has 5 rings (SSSR count). The van der Waals surface area contributed by atoms with Gasteiger partial charge in [0.1, 0.15) is 11.6 Å². The maximum absolute atomic E-state index is 13.5. The number of aryl methyl sites for hydroxylation is 4. The molecule has 12 nitrogen and oxygen atoms in total. The lowest BCUT2D eigenvalue weighted by Gasteiger charge is -2.14. The van der Waals surface area contributed by atoms with Gasteiger partial charge in [-0.25, -0.2) is 18.4 Å². The fourth-order valence-electron chi connectivity index (χ4n) is 4.74. The molecule has 0 atom stereocenters. The van der Waals surface area contributed by atoms with Crippen molar-refractivity contribution >= 4 is 47.1 Å². The molecule has 0 unspecified atom stereocenters. The maximum atomic E-state index is 13.5. The van der Waals surface area contributed by atoms with E-state index in [1.807, 2.05) is 0 Å². The second kappa shape index (κ2) is 10.6. The summed E-state index contributed by atoms with van der Waals surface area (Å²) in [5, 5.41) is 0. The van der Waals surface area contributed by atoms with Gasteiger partial charge in [0.25, 0.3) is 0 Å². The highest BCUT2D eigenvalue weighted by atomic mass is 32.2. The van der Waals surface area contributed by atoms with Gasteiger partial charge in [0, 0.05) is 5.56 Å². The van der Waals surface area contributed by atoms with E-state index in [1.165, 1.54) is 24.3 Å². The van der Waals surface area contributed by atoms with Crippen molar-refractivity contribution in [1.82, 2.24) is 19.9 Å². The van der Waals surface area contributed by atoms with Gasteiger partial charge in [-0.15, -0.1) is 0 Å². The smallest absolute Gasteiger partial charge is 0.325 e. The first-order valence-electron chi connectivity index (χ1n) is 12.5. The third-order valence-corrected chi connectivity index (χ3v) is 10.2. The van der Waals surface area contributed by atoms with Gasteiger partial charge in [0.05, 0.1) is 44.2 Å². The number of hydrogen-bond acceptors (Lipinski definition) is 6. The van der Waals surface area contributed by atoms with Gasteiger partial charge in [0.15, 0.2) is 0 Å². The summed E-state index contributed by atoms with van der Waals surface area (Å²) >= 11 is 0. The minimum absolute atomic E-state index is 0.0332. The number of H-pyrrole nitrogens is 2. The third-order valence-electron chi connectivity index (χ3n) is 6.81. The van der Waals surface area contributed by atoms with Gasteiger partial charge in [-0.1, -0.05) is 6.07 Å². The van der Waals surface area contributed by atoms with Crippen LogP contribution < -0.4 is 0 Å². The Kier molecular flexibility index (Phi) is 7.59. The van der Waals surface area contributed by atoms with Gasteiger partial charge in [-0.05, 0) is 85.8 Å². The molecule has 216 valence electrons. The fraction of sp³-hybridized carbons (Fsp3) is 0.231. The van der Waals surface area contributed by atoms with Gasteiger partial charge >= 0.3 is 15.2 Å². The van der Waals surface area contributed by atoms with Crippen LogP contribution in [0.2, 0.25) is 0 Å². The summed E-state index contributed by atoms with van der Waals surface area (Å²) in [6, 6.07) is 12.6. The largest absolute Gasteiger partial charge is 0.342 e. The second-order valence-electron chi connectivity index (χ2n) is 9.98. The molecule has 0 fully saturated rings. The highest BCUT2D eigenvalue weighted by molar-refractivity contribution is 7.91. The summed E-state index contributed by atoms with van der Waals surface area (Å²) in [4.78, 5) is 52.8. The number of imidazole rings is 2. The molecule has 3 aromatic carbocycles. The van der Waals surface area contributed by atoms with Crippen LogP contribution in [0.1, 0.15) is 22.5 Å². The molecule has 5 aromatic rings. The van der Waals surface area contributed by atoms with E-state index in [2.05, 4.69) is 19.9 Å². The zero-order valence-electron chi connectivity index (χ0n) is 22.1. The summed E-state index contributed by atoms with van der Waals surface area (Å²) in [6.07, 6.45) is -0.638. The fourth-order valence-corrected chi connectivity index (χ4v) is 7.12. The number of sulfone groups is 1. The summed E-state index contributed by atoms with van der Waals surface area (Å²) in [5.74, 6) is 1.00. The zero-order valence-corrected chi connectivity index (χ0v) is 24.7. The van der Waals surface area contributed by atoms with Crippen molar-refractivity contribution in [1.29, 1.82) is 0 Å². The first kappa shape index (κ1) is 29.3. The van der Waals surface area contributed by atoms with Gasteiger partial charge < -0.3 is 29.5 Å². The summed E-state index contributed by atoms with van der Waals surface area (Å²) in [5.41, 5.74) is 4.61. The van der Waals surface area contributed by atoms with Crippen LogP contribution in [0.25, 0.3) is 33.5 Å². The number of hydrogen-bond donors (Lipinski definition) is 6. The minimum atomic E-state index is -4.31. The normalized spacial score (nSPS) is 12.9. The number of aromatic nitrogens is 4. The number of nitrogens with one attached hydrogen (secondary N) is 2. The SMILES string of the molecule is Cc1nc2ccc(S(=O)(=O)c3ccc4nc(-c5cc(CCP(=O)(O)O)c(C)cc5CCP(=O)(O)O)[nH]c4c3)cc2[nH]1. The molecule has 6 N–H and O–H groups in total. The van der Waals surface area contributed by atoms with Crippen LogP contribution in [0, 0.1) is 13.8 Å². The standard InChI is InChI=1S/C26H28N4O8P2S/c1-15-11-18(8-10-40(34,35)36)21(12-17(15)7-9-39(31,32)33)26-29-23-6-4-20(14-25(23)30-26)41(37,38)19-3-5-22-24(13-19)28-16(2)27-22/h3-6,11-14H,7-10H2,1-2H3,(H,27,28)(H,29,30)(H2,31,32,33)(H2,34,35,36). The monoisotopic (exact) mass is 618 g/mol. The number of aromatic amines is 2. The molecular formula is C26H28N4O8P2S. The Morgan fingerprint density at radius 3 is 1.85 bits per heavy atom.